The van der Waals surface area contributed by atoms with Crippen LogP contribution in [-0.4, -0.2) is 0 Å². The van der Waals surface area contributed by atoms with Crippen molar-refractivity contribution in [3.05, 3.63) is 21.7 Å². The Bertz CT molecular complexity index is 257. The molecule has 0 amide bonds. The van der Waals surface area contributed by atoms with Gasteiger partial charge >= 0.3 is 0 Å². The summed E-state index contributed by atoms with van der Waals surface area (Å²) in [6.45, 7) is 0. The molecular formula is C6H3BrO2S. The third-order valence-corrected chi connectivity index (χ3v) is 2.18. The van der Waals surface area contributed by atoms with Gasteiger partial charge in [-0.25, -0.2) is 0 Å². The summed E-state index contributed by atoms with van der Waals surface area (Å²) in [6.07, 6.45) is 0. The smallest absolute Gasteiger partial charge is 0.297 e. The van der Waals surface area contributed by atoms with Crippen LogP contribution in [-0.2, 0) is 0 Å². The number of fused-ring (bicyclic) bond motifs is 1. The maximum atomic E-state index is 5.20. The van der Waals surface area contributed by atoms with Crippen LogP contribution in [0.4, 0.5) is 0 Å². The van der Waals surface area contributed by atoms with Crippen molar-refractivity contribution in [2.45, 2.75) is 0 Å². The highest BCUT2D eigenvalue weighted by atomic mass is 79.9. The van der Waals surface area contributed by atoms with Crippen molar-refractivity contribution < 1.29 is 9.47 Å². The van der Waals surface area contributed by atoms with Crippen molar-refractivity contribution in [1.29, 1.82) is 0 Å². The van der Waals surface area contributed by atoms with E-state index in [9.17, 15) is 0 Å². The Labute approximate surface area is 70.2 Å². The quantitative estimate of drug-likeness (QED) is 0.667. The van der Waals surface area contributed by atoms with Gasteiger partial charge in [-0.1, -0.05) is 15.9 Å². The molecule has 0 fully saturated rings. The van der Waals surface area contributed by atoms with Crippen molar-refractivity contribution >= 4 is 27.3 Å². The van der Waals surface area contributed by atoms with Crippen LogP contribution in [0, 0.1) is 0 Å². The van der Waals surface area contributed by atoms with Gasteiger partial charge in [-0.3, -0.25) is 0 Å². The largest absolute Gasteiger partial charge is 0.421 e. The maximum absolute atomic E-state index is 5.20. The van der Waals surface area contributed by atoms with E-state index in [-0.39, 0.29) is 0 Å². The van der Waals surface area contributed by atoms with Crippen molar-refractivity contribution in [2.24, 2.45) is 0 Å². The summed E-state index contributed by atoms with van der Waals surface area (Å²) in [7, 11) is 0. The van der Waals surface area contributed by atoms with Gasteiger partial charge in [-0.2, -0.15) is 0 Å². The van der Waals surface area contributed by atoms with Crippen LogP contribution in [0.5, 0.6) is 11.5 Å². The zero-order valence-electron chi connectivity index (χ0n) is 4.83. The van der Waals surface area contributed by atoms with Gasteiger partial charge in [0, 0.05) is 10.8 Å². The Morgan fingerprint density at radius 1 is 1.30 bits per heavy atom. The van der Waals surface area contributed by atoms with E-state index in [4.69, 9.17) is 9.47 Å². The fourth-order valence-electron chi connectivity index (χ4n) is 0.705. The minimum Gasteiger partial charge on any atom is -0.421 e. The Morgan fingerprint density at radius 3 is 2.40 bits per heavy atom. The van der Waals surface area contributed by atoms with Gasteiger partial charge in [-0.05, 0) is 0 Å². The normalized spacial score (nSPS) is 13.9. The molecule has 0 N–H and O–H groups in total. The summed E-state index contributed by atoms with van der Waals surface area (Å²) in [5.41, 5.74) is 0. The molecule has 4 heteroatoms. The van der Waals surface area contributed by atoms with E-state index in [2.05, 4.69) is 15.9 Å². The van der Waals surface area contributed by atoms with Crippen LogP contribution in [0.2, 0.25) is 0 Å². The standard InChI is InChI=1S/C6H3BrO2S/c7-1-6-8-4-2-10-3-5(4)9-6/h1-3H. The van der Waals surface area contributed by atoms with Crippen LogP contribution in [0.1, 0.15) is 0 Å². The van der Waals surface area contributed by atoms with Gasteiger partial charge in [0.15, 0.2) is 11.5 Å². The number of halogens is 1. The molecule has 0 aliphatic carbocycles. The predicted molar refractivity (Wildman–Crippen MR) is 42.6 cm³/mol. The molecule has 2 nitrogen and oxygen atoms in total. The molecule has 1 aliphatic rings. The highest BCUT2D eigenvalue weighted by molar-refractivity contribution is 9.11. The molecule has 0 saturated heterocycles. The zero-order valence-corrected chi connectivity index (χ0v) is 7.24. The van der Waals surface area contributed by atoms with E-state index in [0.717, 1.165) is 11.5 Å². The fourth-order valence-corrected chi connectivity index (χ4v) is 1.54. The number of hydrogen-bond acceptors (Lipinski definition) is 3. The SMILES string of the molecule is BrC=C1Oc2cscc2O1. The Kier molecular flexibility index (Phi) is 1.43. The van der Waals surface area contributed by atoms with Crippen LogP contribution in [0.25, 0.3) is 0 Å². The highest BCUT2D eigenvalue weighted by Gasteiger charge is 2.18. The Balaban J connectivity index is 2.37. The predicted octanol–water partition coefficient (Wildman–Crippen LogP) is 2.71. The summed E-state index contributed by atoms with van der Waals surface area (Å²) >= 11 is 4.67. The molecular weight excluding hydrogens is 216 g/mol. The summed E-state index contributed by atoms with van der Waals surface area (Å²) in [5.74, 6) is 2.10. The summed E-state index contributed by atoms with van der Waals surface area (Å²) in [4.78, 5) is 1.61. The first-order chi connectivity index (χ1) is 4.90. The second-order valence-corrected chi connectivity index (χ2v) is 2.93. The van der Waals surface area contributed by atoms with Crippen LogP contribution in [0.3, 0.4) is 0 Å². The molecule has 2 heterocycles. The lowest BCUT2D eigenvalue weighted by atomic mass is 10.6. The van der Waals surface area contributed by atoms with Gasteiger partial charge in [0.1, 0.15) is 0 Å². The van der Waals surface area contributed by atoms with Crippen LogP contribution < -0.4 is 9.47 Å². The maximum Gasteiger partial charge on any atom is 0.297 e. The molecule has 1 aromatic heterocycles. The van der Waals surface area contributed by atoms with Crippen molar-refractivity contribution in [2.75, 3.05) is 0 Å². The van der Waals surface area contributed by atoms with Crippen LogP contribution in [0.15, 0.2) is 21.7 Å². The minimum absolute atomic E-state index is 0.498. The molecule has 1 aliphatic heterocycles. The molecule has 0 aromatic carbocycles. The number of rotatable bonds is 0. The molecule has 0 radical (unpaired) electrons. The van der Waals surface area contributed by atoms with Crippen molar-refractivity contribution in [3.63, 3.8) is 0 Å². The molecule has 52 valence electrons. The first-order valence-electron chi connectivity index (χ1n) is 2.62. The van der Waals surface area contributed by atoms with E-state index in [0.29, 0.717) is 5.95 Å². The molecule has 0 spiro atoms. The van der Waals surface area contributed by atoms with E-state index >= 15 is 0 Å². The molecule has 10 heavy (non-hydrogen) atoms. The molecule has 0 unspecified atom stereocenters. The second kappa shape index (κ2) is 2.29. The summed E-state index contributed by atoms with van der Waals surface area (Å²) in [6, 6.07) is 0. The van der Waals surface area contributed by atoms with Gasteiger partial charge in [0.05, 0.1) is 4.99 Å². The number of ether oxygens (including phenoxy) is 2. The van der Waals surface area contributed by atoms with Crippen LogP contribution >= 0.6 is 27.3 Å². The van der Waals surface area contributed by atoms with Gasteiger partial charge < -0.3 is 9.47 Å². The molecule has 2 rings (SSSR count). The third kappa shape index (κ3) is 0.839. The molecule has 1 aromatic rings. The van der Waals surface area contributed by atoms with E-state index in [1.54, 1.807) is 16.3 Å². The number of thiophene rings is 1. The lowest BCUT2D eigenvalue weighted by Crippen LogP contribution is -1.90. The average molecular weight is 219 g/mol. The average Bonchev–Trinajstić information content (AvgIpc) is 2.42. The fraction of sp³-hybridized carbons (Fsp3) is 0. The van der Waals surface area contributed by atoms with Crippen molar-refractivity contribution in [3.8, 4) is 11.5 Å². The third-order valence-electron chi connectivity index (χ3n) is 1.10. The summed E-state index contributed by atoms with van der Waals surface area (Å²) < 4.78 is 10.4. The first-order valence-corrected chi connectivity index (χ1v) is 4.48. The lowest BCUT2D eigenvalue weighted by molar-refractivity contribution is 0.289. The second-order valence-electron chi connectivity index (χ2n) is 1.73. The summed E-state index contributed by atoms with van der Waals surface area (Å²) in [5, 5.41) is 3.80. The van der Waals surface area contributed by atoms with Gasteiger partial charge in [0.2, 0.25) is 0 Å². The molecule has 0 saturated carbocycles. The number of hydrogen-bond donors (Lipinski definition) is 0. The molecule has 0 bridgehead atoms. The zero-order chi connectivity index (χ0) is 6.97. The highest BCUT2D eigenvalue weighted by Crippen LogP contribution is 2.39. The topological polar surface area (TPSA) is 18.5 Å². The lowest BCUT2D eigenvalue weighted by Gasteiger charge is -1.91. The Hall–Kier alpha value is -0.480. The van der Waals surface area contributed by atoms with Gasteiger partial charge in [0.25, 0.3) is 5.95 Å². The minimum atomic E-state index is 0.498. The van der Waals surface area contributed by atoms with Crippen molar-refractivity contribution in [1.82, 2.24) is 0 Å². The van der Waals surface area contributed by atoms with Gasteiger partial charge in [-0.15, -0.1) is 11.3 Å². The monoisotopic (exact) mass is 218 g/mol. The Morgan fingerprint density at radius 2 is 1.90 bits per heavy atom. The first kappa shape index (κ1) is 6.24. The van der Waals surface area contributed by atoms with E-state index in [1.165, 1.54) is 0 Å². The van der Waals surface area contributed by atoms with E-state index < -0.39 is 0 Å². The van der Waals surface area contributed by atoms with E-state index in [1.807, 2.05) is 10.8 Å². The molecule has 0 atom stereocenters.